The van der Waals surface area contributed by atoms with Crippen LogP contribution in [0.1, 0.15) is 36.5 Å². The van der Waals surface area contributed by atoms with Crippen LogP contribution in [0.25, 0.3) is 0 Å². The van der Waals surface area contributed by atoms with Crippen LogP contribution in [0.15, 0.2) is 22.7 Å². The summed E-state index contributed by atoms with van der Waals surface area (Å²) in [6.07, 6.45) is 1.60. The average Bonchev–Trinajstić information content (AvgIpc) is 2.86. The molecular weight excluding hydrogens is 346 g/mol. The van der Waals surface area contributed by atoms with Gasteiger partial charge in [-0.3, -0.25) is 4.79 Å². The van der Waals surface area contributed by atoms with Crippen LogP contribution in [0.3, 0.4) is 0 Å². The summed E-state index contributed by atoms with van der Waals surface area (Å²) >= 11 is 9.27. The lowest BCUT2D eigenvalue weighted by Crippen LogP contribution is -2.52. The molecule has 6 heteroatoms. The lowest BCUT2D eigenvalue weighted by atomic mass is 9.92. The highest BCUT2D eigenvalue weighted by Gasteiger charge is 2.48. The molecule has 1 aliphatic heterocycles. The van der Waals surface area contributed by atoms with Gasteiger partial charge in [-0.25, -0.2) is 4.79 Å². The second-order valence-corrected chi connectivity index (χ2v) is 6.14. The zero-order valence-electron chi connectivity index (χ0n) is 11.0. The summed E-state index contributed by atoms with van der Waals surface area (Å²) in [5.41, 5.74) is -0.671. The molecule has 2 rings (SSSR count). The van der Waals surface area contributed by atoms with E-state index < -0.39 is 11.5 Å². The van der Waals surface area contributed by atoms with Gasteiger partial charge in [0, 0.05) is 16.6 Å². The van der Waals surface area contributed by atoms with Crippen LogP contribution in [-0.4, -0.2) is 34.0 Å². The van der Waals surface area contributed by atoms with Gasteiger partial charge in [-0.05, 0) is 53.4 Å². The van der Waals surface area contributed by atoms with E-state index in [1.807, 2.05) is 0 Å². The molecule has 1 saturated heterocycles. The quantitative estimate of drug-likeness (QED) is 0.896. The number of carboxylic acid groups (broad SMARTS) is 1. The van der Waals surface area contributed by atoms with Crippen molar-refractivity contribution in [3.05, 3.63) is 33.3 Å². The molecule has 1 aliphatic rings. The molecule has 1 fully saturated rings. The molecule has 108 valence electrons. The van der Waals surface area contributed by atoms with E-state index in [-0.39, 0.29) is 5.91 Å². The van der Waals surface area contributed by atoms with Crippen molar-refractivity contribution in [3.63, 3.8) is 0 Å². The molecular formula is C14H15BrClNO3. The van der Waals surface area contributed by atoms with Gasteiger partial charge in [0.2, 0.25) is 0 Å². The summed E-state index contributed by atoms with van der Waals surface area (Å²) in [6.45, 7) is 2.26. The van der Waals surface area contributed by atoms with E-state index in [0.29, 0.717) is 40.9 Å². The van der Waals surface area contributed by atoms with Crippen molar-refractivity contribution in [1.29, 1.82) is 0 Å². The zero-order chi connectivity index (χ0) is 14.9. The fraction of sp³-hybridized carbons (Fsp3) is 0.429. The Hall–Kier alpha value is -1.07. The Morgan fingerprint density at radius 2 is 2.20 bits per heavy atom. The lowest BCUT2D eigenvalue weighted by Gasteiger charge is -2.34. The van der Waals surface area contributed by atoms with Crippen molar-refractivity contribution in [3.8, 4) is 0 Å². The molecule has 4 nitrogen and oxygen atoms in total. The van der Waals surface area contributed by atoms with Gasteiger partial charge in [0.15, 0.2) is 0 Å². The number of nitrogens with zero attached hydrogens (tertiary/aromatic N) is 1. The molecule has 0 bridgehead atoms. The number of carboxylic acids is 1. The number of halogens is 2. The molecule has 1 atom stereocenters. The Labute approximate surface area is 130 Å². The molecule has 0 aliphatic carbocycles. The number of hydrogen-bond acceptors (Lipinski definition) is 2. The van der Waals surface area contributed by atoms with Crippen LogP contribution < -0.4 is 0 Å². The van der Waals surface area contributed by atoms with Crippen LogP contribution in [-0.2, 0) is 4.79 Å². The number of aliphatic carboxylic acids is 1. The number of carbonyl (C=O) groups is 2. The molecule has 1 unspecified atom stereocenters. The Morgan fingerprint density at radius 1 is 1.50 bits per heavy atom. The van der Waals surface area contributed by atoms with Crippen molar-refractivity contribution in [2.45, 2.75) is 31.7 Å². The van der Waals surface area contributed by atoms with Crippen LogP contribution in [0.2, 0.25) is 5.02 Å². The molecule has 20 heavy (non-hydrogen) atoms. The first-order valence-corrected chi connectivity index (χ1v) is 7.60. The van der Waals surface area contributed by atoms with E-state index in [4.69, 9.17) is 11.6 Å². The van der Waals surface area contributed by atoms with Crippen molar-refractivity contribution >= 4 is 39.4 Å². The molecule has 0 saturated carbocycles. The predicted molar refractivity (Wildman–Crippen MR) is 80.1 cm³/mol. The second kappa shape index (κ2) is 5.74. The van der Waals surface area contributed by atoms with Crippen LogP contribution in [0.4, 0.5) is 0 Å². The zero-order valence-corrected chi connectivity index (χ0v) is 13.4. The molecule has 1 aromatic rings. The van der Waals surface area contributed by atoms with Gasteiger partial charge in [-0.2, -0.15) is 0 Å². The van der Waals surface area contributed by atoms with Crippen molar-refractivity contribution in [2.24, 2.45) is 0 Å². The van der Waals surface area contributed by atoms with Crippen molar-refractivity contribution < 1.29 is 14.7 Å². The largest absolute Gasteiger partial charge is 0.479 e. The summed E-state index contributed by atoms with van der Waals surface area (Å²) in [5, 5.41) is 9.94. The molecule has 0 radical (unpaired) electrons. The second-order valence-electron chi connectivity index (χ2n) is 4.88. The van der Waals surface area contributed by atoms with E-state index in [1.165, 1.54) is 4.90 Å². The highest BCUT2D eigenvalue weighted by molar-refractivity contribution is 9.10. The smallest absolute Gasteiger partial charge is 0.329 e. The number of hydrogen-bond donors (Lipinski definition) is 1. The SMILES string of the molecule is CCC1(C(=O)O)CCCN1C(=O)c1ccc(Br)c(Cl)c1. The molecule has 1 aromatic carbocycles. The predicted octanol–water partition coefficient (Wildman–Crippen LogP) is 3.57. The third kappa shape index (κ3) is 2.44. The first-order valence-electron chi connectivity index (χ1n) is 6.43. The van der Waals surface area contributed by atoms with Gasteiger partial charge >= 0.3 is 5.97 Å². The van der Waals surface area contributed by atoms with Gasteiger partial charge in [-0.15, -0.1) is 0 Å². The van der Waals surface area contributed by atoms with E-state index in [0.717, 1.165) is 0 Å². The third-order valence-electron chi connectivity index (χ3n) is 3.88. The first kappa shape index (κ1) is 15.3. The molecule has 1 N–H and O–H groups in total. The Kier molecular flexibility index (Phi) is 4.39. The van der Waals surface area contributed by atoms with Crippen LogP contribution >= 0.6 is 27.5 Å². The van der Waals surface area contributed by atoms with E-state index in [2.05, 4.69) is 15.9 Å². The highest BCUT2D eigenvalue weighted by atomic mass is 79.9. The minimum absolute atomic E-state index is 0.277. The average molecular weight is 361 g/mol. The first-order chi connectivity index (χ1) is 9.42. The van der Waals surface area contributed by atoms with Gasteiger partial charge in [0.05, 0.1) is 5.02 Å². The summed E-state index contributed by atoms with van der Waals surface area (Å²) in [5.74, 6) is -1.21. The van der Waals surface area contributed by atoms with Gasteiger partial charge in [-0.1, -0.05) is 18.5 Å². The van der Waals surface area contributed by atoms with E-state index >= 15 is 0 Å². The molecule has 1 amide bonds. The normalized spacial score (nSPS) is 22.1. The fourth-order valence-corrected chi connectivity index (χ4v) is 3.13. The van der Waals surface area contributed by atoms with E-state index in [1.54, 1.807) is 25.1 Å². The van der Waals surface area contributed by atoms with Crippen LogP contribution in [0, 0.1) is 0 Å². The number of carbonyl (C=O) groups excluding carboxylic acids is 1. The van der Waals surface area contributed by atoms with Gasteiger partial charge < -0.3 is 10.0 Å². The minimum Gasteiger partial charge on any atom is -0.479 e. The minimum atomic E-state index is -1.09. The Morgan fingerprint density at radius 3 is 2.75 bits per heavy atom. The summed E-state index contributed by atoms with van der Waals surface area (Å²) in [6, 6.07) is 4.91. The standard InChI is InChI=1S/C14H15BrClNO3/c1-2-14(13(19)20)6-3-7-17(14)12(18)9-4-5-10(15)11(16)8-9/h4-5,8H,2-3,6-7H2,1H3,(H,19,20). The maximum absolute atomic E-state index is 12.6. The lowest BCUT2D eigenvalue weighted by molar-refractivity contribution is -0.148. The number of rotatable bonds is 3. The highest BCUT2D eigenvalue weighted by Crippen LogP contribution is 2.34. The number of benzene rings is 1. The monoisotopic (exact) mass is 359 g/mol. The summed E-state index contributed by atoms with van der Waals surface area (Å²) < 4.78 is 0.706. The molecule has 0 aromatic heterocycles. The number of likely N-dealkylation sites (tertiary alicyclic amines) is 1. The fourth-order valence-electron chi connectivity index (χ4n) is 2.70. The number of amides is 1. The topological polar surface area (TPSA) is 57.6 Å². The molecule has 1 heterocycles. The maximum atomic E-state index is 12.6. The van der Waals surface area contributed by atoms with Gasteiger partial charge in [0.25, 0.3) is 5.91 Å². The summed E-state index contributed by atoms with van der Waals surface area (Å²) in [7, 11) is 0. The van der Waals surface area contributed by atoms with Crippen molar-refractivity contribution in [1.82, 2.24) is 4.90 Å². The third-order valence-corrected chi connectivity index (χ3v) is 5.12. The van der Waals surface area contributed by atoms with Crippen LogP contribution in [0.5, 0.6) is 0 Å². The summed E-state index contributed by atoms with van der Waals surface area (Å²) in [4.78, 5) is 25.6. The van der Waals surface area contributed by atoms with Gasteiger partial charge in [0.1, 0.15) is 5.54 Å². The molecule has 0 spiro atoms. The van der Waals surface area contributed by atoms with Crippen molar-refractivity contribution in [2.75, 3.05) is 6.54 Å². The van der Waals surface area contributed by atoms with E-state index in [9.17, 15) is 14.7 Å². The Balaban J connectivity index is 2.36. The Bertz CT molecular complexity index is 563. The maximum Gasteiger partial charge on any atom is 0.329 e.